The summed E-state index contributed by atoms with van der Waals surface area (Å²) in [6.07, 6.45) is 2.94. The number of ether oxygens (including phenoxy) is 2. The standard InChI is InChI=1S/C8H12O3/c9-8-2-1-6(3-4-10-8)7-5-11-7/h6-7H,1-5H2. The summed E-state index contributed by atoms with van der Waals surface area (Å²) in [7, 11) is 0. The average molecular weight is 156 g/mol. The molecule has 0 amide bonds. The Hall–Kier alpha value is -0.570. The van der Waals surface area contributed by atoms with Gasteiger partial charge in [-0.05, 0) is 18.8 Å². The monoisotopic (exact) mass is 156 g/mol. The van der Waals surface area contributed by atoms with Crippen LogP contribution in [0, 0.1) is 5.92 Å². The Morgan fingerprint density at radius 1 is 1.36 bits per heavy atom. The van der Waals surface area contributed by atoms with E-state index >= 15 is 0 Å². The van der Waals surface area contributed by atoms with Gasteiger partial charge in [-0.1, -0.05) is 0 Å². The van der Waals surface area contributed by atoms with Crippen LogP contribution in [0.5, 0.6) is 0 Å². The van der Waals surface area contributed by atoms with Gasteiger partial charge in [-0.15, -0.1) is 0 Å². The van der Waals surface area contributed by atoms with E-state index in [1.54, 1.807) is 0 Å². The molecule has 0 saturated carbocycles. The van der Waals surface area contributed by atoms with Gasteiger partial charge in [0.15, 0.2) is 0 Å². The zero-order valence-corrected chi connectivity index (χ0v) is 6.41. The summed E-state index contributed by atoms with van der Waals surface area (Å²) in [5, 5.41) is 0. The summed E-state index contributed by atoms with van der Waals surface area (Å²) in [5.74, 6) is 0.523. The third kappa shape index (κ3) is 1.71. The van der Waals surface area contributed by atoms with Crippen LogP contribution in [0.3, 0.4) is 0 Å². The molecule has 0 aromatic heterocycles. The molecule has 2 atom stereocenters. The summed E-state index contributed by atoms with van der Waals surface area (Å²) in [4.78, 5) is 10.8. The number of hydrogen-bond acceptors (Lipinski definition) is 3. The average Bonchev–Trinajstić information content (AvgIpc) is 2.73. The molecule has 0 spiro atoms. The minimum absolute atomic E-state index is 0.0480. The number of rotatable bonds is 1. The molecule has 2 heterocycles. The quantitative estimate of drug-likeness (QED) is 0.415. The first-order chi connectivity index (χ1) is 5.36. The first kappa shape index (κ1) is 7.10. The molecule has 3 nitrogen and oxygen atoms in total. The van der Waals surface area contributed by atoms with E-state index in [9.17, 15) is 4.79 Å². The van der Waals surface area contributed by atoms with Crippen LogP contribution < -0.4 is 0 Å². The second-order valence-corrected chi connectivity index (χ2v) is 3.18. The highest BCUT2D eigenvalue weighted by molar-refractivity contribution is 5.69. The number of esters is 1. The van der Waals surface area contributed by atoms with Gasteiger partial charge in [0.05, 0.1) is 19.3 Å². The van der Waals surface area contributed by atoms with Gasteiger partial charge >= 0.3 is 5.97 Å². The van der Waals surface area contributed by atoms with E-state index in [4.69, 9.17) is 9.47 Å². The van der Waals surface area contributed by atoms with Crippen molar-refractivity contribution in [3.8, 4) is 0 Å². The predicted molar refractivity (Wildman–Crippen MR) is 38.0 cm³/mol. The maximum Gasteiger partial charge on any atom is 0.305 e. The molecule has 0 radical (unpaired) electrons. The maximum absolute atomic E-state index is 10.8. The van der Waals surface area contributed by atoms with Crippen molar-refractivity contribution in [2.45, 2.75) is 25.4 Å². The number of carbonyl (C=O) groups excluding carboxylic acids is 1. The highest BCUT2D eigenvalue weighted by atomic mass is 16.6. The molecule has 62 valence electrons. The Bertz CT molecular complexity index is 163. The van der Waals surface area contributed by atoms with Crippen molar-refractivity contribution < 1.29 is 14.3 Å². The number of epoxide rings is 1. The molecule has 2 aliphatic heterocycles. The van der Waals surface area contributed by atoms with E-state index in [1.807, 2.05) is 0 Å². The van der Waals surface area contributed by atoms with Crippen molar-refractivity contribution in [3.05, 3.63) is 0 Å². The van der Waals surface area contributed by atoms with E-state index < -0.39 is 0 Å². The topological polar surface area (TPSA) is 38.8 Å². The molecule has 2 unspecified atom stereocenters. The predicted octanol–water partition coefficient (Wildman–Crippen LogP) is 0.728. The Balaban J connectivity index is 1.87. The fraction of sp³-hybridized carbons (Fsp3) is 0.875. The largest absolute Gasteiger partial charge is 0.466 e. The van der Waals surface area contributed by atoms with Crippen molar-refractivity contribution in [2.24, 2.45) is 5.92 Å². The Morgan fingerprint density at radius 2 is 2.18 bits per heavy atom. The van der Waals surface area contributed by atoms with Crippen molar-refractivity contribution in [2.75, 3.05) is 13.2 Å². The molecule has 11 heavy (non-hydrogen) atoms. The van der Waals surface area contributed by atoms with Crippen molar-refractivity contribution >= 4 is 5.97 Å². The summed E-state index contributed by atoms with van der Waals surface area (Å²) in [6, 6.07) is 0. The first-order valence-corrected chi connectivity index (χ1v) is 4.13. The third-order valence-corrected chi connectivity index (χ3v) is 2.36. The fourth-order valence-electron chi connectivity index (χ4n) is 1.54. The fourth-order valence-corrected chi connectivity index (χ4v) is 1.54. The Labute approximate surface area is 65.7 Å². The lowest BCUT2D eigenvalue weighted by molar-refractivity contribution is -0.142. The second kappa shape index (κ2) is 2.81. The summed E-state index contributed by atoms with van der Waals surface area (Å²) in [5.41, 5.74) is 0. The van der Waals surface area contributed by atoms with E-state index in [-0.39, 0.29) is 5.97 Å². The number of hydrogen-bond donors (Lipinski definition) is 0. The zero-order valence-electron chi connectivity index (χ0n) is 6.41. The van der Waals surface area contributed by atoms with E-state index in [1.165, 1.54) is 0 Å². The van der Waals surface area contributed by atoms with E-state index in [0.717, 1.165) is 19.4 Å². The zero-order chi connectivity index (χ0) is 7.68. The molecule has 2 rings (SSSR count). The highest BCUT2D eigenvalue weighted by Gasteiger charge is 2.33. The highest BCUT2D eigenvalue weighted by Crippen LogP contribution is 2.28. The van der Waals surface area contributed by atoms with Gasteiger partial charge in [-0.2, -0.15) is 0 Å². The Kier molecular flexibility index (Phi) is 1.82. The Morgan fingerprint density at radius 3 is 2.91 bits per heavy atom. The van der Waals surface area contributed by atoms with E-state index in [2.05, 4.69) is 0 Å². The molecule has 2 aliphatic rings. The summed E-state index contributed by atoms with van der Waals surface area (Å²) in [6.45, 7) is 1.47. The minimum atomic E-state index is -0.0480. The van der Waals surface area contributed by atoms with Crippen LogP contribution in [-0.2, 0) is 14.3 Å². The summed E-state index contributed by atoms with van der Waals surface area (Å²) >= 11 is 0. The van der Waals surface area contributed by atoms with Gasteiger partial charge in [-0.3, -0.25) is 4.79 Å². The van der Waals surface area contributed by atoms with E-state index in [0.29, 0.717) is 25.0 Å². The second-order valence-electron chi connectivity index (χ2n) is 3.18. The van der Waals surface area contributed by atoms with Crippen molar-refractivity contribution in [3.63, 3.8) is 0 Å². The van der Waals surface area contributed by atoms with Crippen molar-refractivity contribution in [1.82, 2.24) is 0 Å². The normalized spacial score (nSPS) is 37.6. The lowest BCUT2D eigenvalue weighted by atomic mass is 9.97. The van der Waals surface area contributed by atoms with Gasteiger partial charge in [0.25, 0.3) is 0 Å². The lowest BCUT2D eigenvalue weighted by Crippen LogP contribution is -2.08. The van der Waals surface area contributed by atoms with Crippen LogP contribution in [-0.4, -0.2) is 25.3 Å². The van der Waals surface area contributed by atoms with Crippen LogP contribution in [0.25, 0.3) is 0 Å². The van der Waals surface area contributed by atoms with Crippen LogP contribution >= 0.6 is 0 Å². The minimum Gasteiger partial charge on any atom is -0.466 e. The third-order valence-electron chi connectivity index (χ3n) is 2.36. The maximum atomic E-state index is 10.8. The lowest BCUT2D eigenvalue weighted by Gasteiger charge is -2.06. The molecule has 2 saturated heterocycles. The van der Waals surface area contributed by atoms with Gasteiger partial charge in [0.1, 0.15) is 0 Å². The smallest absolute Gasteiger partial charge is 0.305 e. The van der Waals surface area contributed by atoms with Crippen LogP contribution in [0.1, 0.15) is 19.3 Å². The van der Waals surface area contributed by atoms with Gasteiger partial charge < -0.3 is 9.47 Å². The molecule has 0 bridgehead atoms. The van der Waals surface area contributed by atoms with Crippen LogP contribution in [0.15, 0.2) is 0 Å². The first-order valence-electron chi connectivity index (χ1n) is 4.13. The molecule has 0 aromatic rings. The molecule has 3 heteroatoms. The molecule has 2 fully saturated rings. The number of cyclic esters (lactones) is 1. The van der Waals surface area contributed by atoms with Crippen molar-refractivity contribution in [1.29, 1.82) is 0 Å². The van der Waals surface area contributed by atoms with Gasteiger partial charge in [-0.25, -0.2) is 0 Å². The van der Waals surface area contributed by atoms with Gasteiger partial charge in [0.2, 0.25) is 0 Å². The molecular weight excluding hydrogens is 144 g/mol. The SMILES string of the molecule is O=C1CCC(C2CO2)CCO1. The van der Waals surface area contributed by atoms with Crippen LogP contribution in [0.4, 0.5) is 0 Å². The summed E-state index contributed by atoms with van der Waals surface area (Å²) < 4.78 is 10.1. The van der Waals surface area contributed by atoms with Gasteiger partial charge in [0, 0.05) is 6.42 Å². The number of carbonyl (C=O) groups is 1. The molecule has 0 aliphatic carbocycles. The molecule has 0 aromatic carbocycles. The molecule has 0 N–H and O–H groups in total. The molecular formula is C8H12O3. The van der Waals surface area contributed by atoms with Crippen LogP contribution in [0.2, 0.25) is 0 Å².